The molecule has 5 heteroatoms. The number of nitrogens with zero attached hydrogens (tertiary/aromatic N) is 1. The second-order valence-corrected chi connectivity index (χ2v) is 6.15. The first kappa shape index (κ1) is 15.8. The second-order valence-electron chi connectivity index (χ2n) is 5.68. The van der Waals surface area contributed by atoms with Gasteiger partial charge in [0.25, 0.3) is 0 Å². The maximum Gasteiger partial charge on any atom is 0.330 e. The lowest BCUT2D eigenvalue weighted by Crippen LogP contribution is -2.37. The minimum atomic E-state index is -0.583. The molecule has 1 aliphatic rings. The van der Waals surface area contributed by atoms with Gasteiger partial charge in [0.05, 0.1) is 12.5 Å². The van der Waals surface area contributed by atoms with Crippen LogP contribution in [0, 0.1) is 0 Å². The lowest BCUT2D eigenvalue weighted by atomic mass is 10.1. The first-order valence-electron chi connectivity index (χ1n) is 7.50. The number of fused-ring (bicyclic) bond motifs is 1. The van der Waals surface area contributed by atoms with E-state index < -0.39 is 11.4 Å². The molecule has 0 radical (unpaired) electrons. The minimum absolute atomic E-state index is 0.0351. The Morgan fingerprint density at radius 2 is 1.87 bits per heavy atom. The predicted molar refractivity (Wildman–Crippen MR) is 92.0 cm³/mol. The van der Waals surface area contributed by atoms with Crippen LogP contribution < -0.4 is 10.6 Å². The quantitative estimate of drug-likeness (QED) is 0.689. The molecule has 0 fully saturated rings. The third-order valence-corrected chi connectivity index (χ3v) is 4.66. The SMILES string of the molecule is COC(=O)C1C(Cl)c2ccccc2N1c1ccc(C(C)N)cc1. The summed E-state index contributed by atoms with van der Waals surface area (Å²) < 4.78 is 4.96. The number of hydrogen-bond acceptors (Lipinski definition) is 4. The van der Waals surface area contributed by atoms with E-state index in [1.165, 1.54) is 7.11 Å². The number of carbonyl (C=O) groups excluding carboxylic acids is 1. The van der Waals surface area contributed by atoms with Gasteiger partial charge < -0.3 is 15.4 Å². The number of ether oxygens (including phenoxy) is 1. The van der Waals surface area contributed by atoms with Gasteiger partial charge in [-0.2, -0.15) is 0 Å². The summed E-state index contributed by atoms with van der Waals surface area (Å²) in [5.41, 5.74) is 9.69. The van der Waals surface area contributed by atoms with Crippen LogP contribution >= 0.6 is 11.6 Å². The fourth-order valence-electron chi connectivity index (χ4n) is 2.97. The molecule has 120 valence electrons. The fraction of sp³-hybridized carbons (Fsp3) is 0.278. The topological polar surface area (TPSA) is 55.6 Å². The van der Waals surface area contributed by atoms with Crippen molar-refractivity contribution in [2.45, 2.75) is 24.4 Å². The number of alkyl halides is 1. The van der Waals surface area contributed by atoms with Crippen molar-refractivity contribution in [3.63, 3.8) is 0 Å². The Labute approximate surface area is 140 Å². The second kappa shape index (κ2) is 6.22. The third-order valence-electron chi connectivity index (χ3n) is 4.19. The van der Waals surface area contributed by atoms with Crippen LogP contribution in [0.15, 0.2) is 48.5 Å². The monoisotopic (exact) mass is 330 g/mol. The van der Waals surface area contributed by atoms with Crippen molar-refractivity contribution in [1.82, 2.24) is 0 Å². The summed E-state index contributed by atoms with van der Waals surface area (Å²) in [6, 6.07) is 15.0. The smallest absolute Gasteiger partial charge is 0.330 e. The van der Waals surface area contributed by atoms with Gasteiger partial charge in [-0.25, -0.2) is 4.79 Å². The van der Waals surface area contributed by atoms with Gasteiger partial charge in [-0.05, 0) is 36.2 Å². The molecular formula is C18H19ClN2O2. The van der Waals surface area contributed by atoms with Crippen molar-refractivity contribution in [2.75, 3.05) is 12.0 Å². The van der Waals surface area contributed by atoms with E-state index in [1.807, 2.05) is 60.4 Å². The largest absolute Gasteiger partial charge is 0.467 e. The molecule has 0 saturated heterocycles. The molecule has 2 aromatic rings. The highest BCUT2D eigenvalue weighted by Gasteiger charge is 2.43. The van der Waals surface area contributed by atoms with Crippen LogP contribution in [0.2, 0.25) is 0 Å². The average molecular weight is 331 g/mol. The highest BCUT2D eigenvalue weighted by molar-refractivity contribution is 6.24. The lowest BCUT2D eigenvalue weighted by molar-refractivity contribution is -0.141. The van der Waals surface area contributed by atoms with Gasteiger partial charge in [0.2, 0.25) is 0 Å². The predicted octanol–water partition coefficient (Wildman–Crippen LogP) is 3.68. The molecule has 0 spiro atoms. The molecule has 1 aliphatic heterocycles. The molecular weight excluding hydrogens is 312 g/mol. The van der Waals surface area contributed by atoms with E-state index in [0.717, 1.165) is 22.5 Å². The lowest BCUT2D eigenvalue weighted by Gasteiger charge is -2.27. The Kier molecular flexibility index (Phi) is 4.28. The highest BCUT2D eigenvalue weighted by Crippen LogP contribution is 2.47. The van der Waals surface area contributed by atoms with Gasteiger partial charge in [-0.15, -0.1) is 11.6 Å². The van der Waals surface area contributed by atoms with E-state index in [4.69, 9.17) is 22.1 Å². The normalized spacial score (nSPS) is 21.0. The van der Waals surface area contributed by atoms with Crippen LogP contribution in [0.1, 0.15) is 29.5 Å². The van der Waals surface area contributed by atoms with Crippen LogP contribution in [0.3, 0.4) is 0 Å². The van der Waals surface area contributed by atoms with E-state index in [-0.39, 0.29) is 12.0 Å². The van der Waals surface area contributed by atoms with Crippen molar-refractivity contribution in [3.05, 3.63) is 59.7 Å². The summed E-state index contributed by atoms with van der Waals surface area (Å²) in [5.74, 6) is -0.350. The summed E-state index contributed by atoms with van der Waals surface area (Å²) in [6.07, 6.45) is 0. The van der Waals surface area contributed by atoms with E-state index in [9.17, 15) is 4.79 Å². The first-order valence-corrected chi connectivity index (χ1v) is 7.94. The number of halogens is 1. The van der Waals surface area contributed by atoms with Gasteiger partial charge in [-0.3, -0.25) is 0 Å². The van der Waals surface area contributed by atoms with E-state index >= 15 is 0 Å². The molecule has 0 bridgehead atoms. The molecule has 3 atom stereocenters. The minimum Gasteiger partial charge on any atom is -0.467 e. The molecule has 3 unspecified atom stereocenters. The van der Waals surface area contributed by atoms with E-state index in [0.29, 0.717) is 0 Å². The molecule has 0 saturated carbocycles. The van der Waals surface area contributed by atoms with Crippen LogP contribution in [0.4, 0.5) is 11.4 Å². The van der Waals surface area contributed by atoms with Crippen LogP contribution in [-0.2, 0) is 9.53 Å². The van der Waals surface area contributed by atoms with Crippen LogP contribution in [-0.4, -0.2) is 19.1 Å². The summed E-state index contributed by atoms with van der Waals surface area (Å²) in [5, 5.41) is -0.452. The summed E-state index contributed by atoms with van der Waals surface area (Å²) in [6.45, 7) is 1.94. The van der Waals surface area contributed by atoms with Crippen molar-refractivity contribution in [2.24, 2.45) is 5.73 Å². The molecule has 0 amide bonds. The Hall–Kier alpha value is -2.04. The maximum atomic E-state index is 12.3. The Morgan fingerprint density at radius 1 is 1.22 bits per heavy atom. The van der Waals surface area contributed by atoms with Gasteiger partial charge in [-0.1, -0.05) is 30.3 Å². The van der Waals surface area contributed by atoms with Crippen LogP contribution in [0.25, 0.3) is 0 Å². The summed E-state index contributed by atoms with van der Waals surface area (Å²) in [4.78, 5) is 14.2. The van der Waals surface area contributed by atoms with E-state index in [2.05, 4.69) is 0 Å². The Balaban J connectivity index is 2.08. The zero-order valence-corrected chi connectivity index (χ0v) is 13.8. The van der Waals surface area contributed by atoms with Gasteiger partial charge in [0.1, 0.15) is 0 Å². The fourth-order valence-corrected chi connectivity index (χ4v) is 3.37. The number of anilines is 2. The van der Waals surface area contributed by atoms with Crippen molar-refractivity contribution >= 4 is 28.9 Å². The number of para-hydroxylation sites is 1. The van der Waals surface area contributed by atoms with Gasteiger partial charge in [0, 0.05) is 17.4 Å². The van der Waals surface area contributed by atoms with E-state index in [1.54, 1.807) is 0 Å². The Bertz CT molecular complexity index is 715. The molecule has 4 nitrogen and oxygen atoms in total. The molecule has 3 rings (SSSR count). The maximum absolute atomic E-state index is 12.3. The van der Waals surface area contributed by atoms with Crippen molar-refractivity contribution in [3.8, 4) is 0 Å². The molecule has 0 aromatic heterocycles. The number of methoxy groups -OCH3 is 1. The number of hydrogen-bond donors (Lipinski definition) is 1. The first-order chi connectivity index (χ1) is 11.0. The highest BCUT2D eigenvalue weighted by atomic mass is 35.5. The molecule has 23 heavy (non-hydrogen) atoms. The number of benzene rings is 2. The number of esters is 1. The zero-order chi connectivity index (χ0) is 16.6. The molecule has 1 heterocycles. The number of carbonyl (C=O) groups is 1. The molecule has 2 aromatic carbocycles. The zero-order valence-electron chi connectivity index (χ0n) is 13.1. The standard InChI is InChI=1S/C18H19ClN2O2/c1-11(20)12-7-9-13(10-8-12)21-15-6-4-3-5-14(15)16(19)17(21)18(22)23-2/h3-11,16-17H,20H2,1-2H3. The van der Waals surface area contributed by atoms with Crippen molar-refractivity contribution < 1.29 is 9.53 Å². The average Bonchev–Trinajstić information content (AvgIpc) is 2.87. The number of rotatable bonds is 3. The van der Waals surface area contributed by atoms with Crippen LogP contribution in [0.5, 0.6) is 0 Å². The summed E-state index contributed by atoms with van der Waals surface area (Å²) >= 11 is 6.55. The Morgan fingerprint density at radius 3 is 2.48 bits per heavy atom. The van der Waals surface area contributed by atoms with Gasteiger partial charge in [0.15, 0.2) is 6.04 Å². The molecule has 2 N–H and O–H groups in total. The third kappa shape index (κ3) is 2.69. The molecule has 0 aliphatic carbocycles. The van der Waals surface area contributed by atoms with Crippen molar-refractivity contribution in [1.29, 1.82) is 0 Å². The summed E-state index contributed by atoms with van der Waals surface area (Å²) in [7, 11) is 1.38. The number of nitrogens with two attached hydrogens (primary N) is 1. The van der Waals surface area contributed by atoms with Gasteiger partial charge >= 0.3 is 5.97 Å².